The van der Waals surface area contributed by atoms with Gasteiger partial charge in [-0.15, -0.1) is 0 Å². The number of hydrogen-bond acceptors (Lipinski definition) is 3. The summed E-state index contributed by atoms with van der Waals surface area (Å²) in [6.07, 6.45) is 0.773. The third kappa shape index (κ3) is 4.34. The van der Waals surface area contributed by atoms with Gasteiger partial charge in [0.1, 0.15) is 0 Å². The molecular weight excluding hydrogens is 156 g/mol. The van der Waals surface area contributed by atoms with Crippen LogP contribution < -0.4 is 0 Å². The zero-order valence-electron chi connectivity index (χ0n) is 7.64. The minimum Gasteiger partial charge on any atom is -0.438 e. The van der Waals surface area contributed by atoms with Crippen LogP contribution in [0.15, 0.2) is 0 Å². The monoisotopic (exact) mass is 176 g/mol. The first-order valence-corrected chi connectivity index (χ1v) is 3.70. The summed E-state index contributed by atoms with van der Waals surface area (Å²) >= 11 is 0. The van der Waals surface area contributed by atoms with E-state index in [9.17, 15) is 4.79 Å². The number of ether oxygens (including phenoxy) is 2. The summed E-state index contributed by atoms with van der Waals surface area (Å²) in [4.78, 5) is 11.2. The summed E-state index contributed by atoms with van der Waals surface area (Å²) in [5.41, 5.74) is -0.390. The standard InChI is InChI=1S/C8H16O3.CH4/c1-5-8(2,3)7(9)11-6-10-4;/h5-6H2,1-4H3;1H4. The second-order valence-corrected chi connectivity index (χ2v) is 3.08. The Kier molecular flexibility index (Phi) is 6.99. The molecule has 0 saturated carbocycles. The Hall–Kier alpha value is -0.570. The van der Waals surface area contributed by atoms with Crippen LogP contribution in [0.1, 0.15) is 34.6 Å². The fraction of sp³-hybridized carbons (Fsp3) is 0.889. The van der Waals surface area contributed by atoms with Crippen molar-refractivity contribution in [2.45, 2.75) is 34.6 Å². The molecule has 0 saturated heterocycles. The van der Waals surface area contributed by atoms with Crippen LogP contribution in [0.5, 0.6) is 0 Å². The molecule has 74 valence electrons. The van der Waals surface area contributed by atoms with Crippen LogP contribution in [0.2, 0.25) is 0 Å². The molecule has 0 atom stereocenters. The van der Waals surface area contributed by atoms with Gasteiger partial charge in [-0.05, 0) is 20.3 Å². The highest BCUT2D eigenvalue weighted by Crippen LogP contribution is 2.21. The Bertz CT molecular complexity index is 130. The second-order valence-electron chi connectivity index (χ2n) is 3.08. The Morgan fingerprint density at radius 2 is 1.92 bits per heavy atom. The van der Waals surface area contributed by atoms with Crippen molar-refractivity contribution >= 4 is 5.97 Å². The van der Waals surface area contributed by atoms with Crippen LogP contribution in [0.3, 0.4) is 0 Å². The molecule has 0 bridgehead atoms. The zero-order chi connectivity index (χ0) is 8.91. The van der Waals surface area contributed by atoms with Crippen molar-refractivity contribution in [2.75, 3.05) is 13.9 Å². The maximum Gasteiger partial charge on any atom is 0.313 e. The average molecular weight is 176 g/mol. The highest BCUT2D eigenvalue weighted by atomic mass is 16.7. The molecule has 3 heteroatoms. The van der Waals surface area contributed by atoms with Crippen LogP contribution in [-0.4, -0.2) is 19.9 Å². The predicted octanol–water partition coefficient (Wildman–Crippen LogP) is 2.21. The lowest BCUT2D eigenvalue weighted by Gasteiger charge is -2.19. The van der Waals surface area contributed by atoms with Crippen LogP contribution in [0, 0.1) is 5.41 Å². The smallest absolute Gasteiger partial charge is 0.313 e. The van der Waals surface area contributed by atoms with E-state index in [4.69, 9.17) is 4.74 Å². The van der Waals surface area contributed by atoms with Crippen molar-refractivity contribution in [3.8, 4) is 0 Å². The lowest BCUT2D eigenvalue weighted by atomic mass is 9.91. The van der Waals surface area contributed by atoms with E-state index in [0.717, 1.165) is 6.42 Å². The third-order valence-corrected chi connectivity index (χ3v) is 1.74. The second kappa shape index (κ2) is 6.00. The van der Waals surface area contributed by atoms with Crippen LogP contribution in [-0.2, 0) is 14.3 Å². The normalized spacial score (nSPS) is 10.3. The van der Waals surface area contributed by atoms with Crippen molar-refractivity contribution in [3.63, 3.8) is 0 Å². The molecule has 0 fully saturated rings. The van der Waals surface area contributed by atoms with Crippen molar-refractivity contribution in [2.24, 2.45) is 5.41 Å². The Morgan fingerprint density at radius 1 is 1.42 bits per heavy atom. The van der Waals surface area contributed by atoms with E-state index in [1.807, 2.05) is 20.8 Å². The Morgan fingerprint density at radius 3 is 2.25 bits per heavy atom. The van der Waals surface area contributed by atoms with Crippen LogP contribution in [0.4, 0.5) is 0 Å². The number of hydrogen-bond donors (Lipinski definition) is 0. The van der Waals surface area contributed by atoms with Gasteiger partial charge in [-0.25, -0.2) is 0 Å². The number of carbonyl (C=O) groups excluding carboxylic acids is 1. The van der Waals surface area contributed by atoms with E-state index < -0.39 is 5.41 Å². The highest BCUT2D eigenvalue weighted by Gasteiger charge is 2.26. The predicted molar refractivity (Wildman–Crippen MR) is 48.8 cm³/mol. The molecule has 3 nitrogen and oxygen atoms in total. The van der Waals surface area contributed by atoms with Gasteiger partial charge >= 0.3 is 5.97 Å². The number of esters is 1. The van der Waals surface area contributed by atoms with Gasteiger partial charge in [0.15, 0.2) is 6.79 Å². The molecule has 0 aromatic carbocycles. The first kappa shape index (κ1) is 14.0. The largest absolute Gasteiger partial charge is 0.438 e. The number of rotatable bonds is 4. The summed E-state index contributed by atoms with van der Waals surface area (Å²) < 4.78 is 9.39. The minimum absolute atomic E-state index is 0. The Balaban J connectivity index is 0. The van der Waals surface area contributed by atoms with Gasteiger partial charge in [-0.1, -0.05) is 14.4 Å². The number of carbonyl (C=O) groups is 1. The number of methoxy groups -OCH3 is 1. The van der Waals surface area contributed by atoms with E-state index in [1.54, 1.807) is 0 Å². The van der Waals surface area contributed by atoms with E-state index in [0.29, 0.717) is 0 Å². The maximum absolute atomic E-state index is 11.2. The molecule has 12 heavy (non-hydrogen) atoms. The van der Waals surface area contributed by atoms with Gasteiger partial charge in [0.2, 0.25) is 0 Å². The summed E-state index contributed by atoms with van der Waals surface area (Å²) in [5, 5.41) is 0. The minimum atomic E-state index is -0.390. The maximum atomic E-state index is 11.2. The van der Waals surface area contributed by atoms with E-state index in [1.165, 1.54) is 7.11 Å². The molecule has 0 aliphatic carbocycles. The summed E-state index contributed by atoms with van der Waals surface area (Å²) in [6.45, 7) is 5.70. The lowest BCUT2D eigenvalue weighted by Crippen LogP contribution is -2.26. The molecule has 0 rings (SSSR count). The average Bonchev–Trinajstić information content (AvgIpc) is 2.00. The van der Waals surface area contributed by atoms with Crippen molar-refractivity contribution in [1.82, 2.24) is 0 Å². The van der Waals surface area contributed by atoms with Gasteiger partial charge in [0.05, 0.1) is 5.41 Å². The first-order chi connectivity index (χ1) is 5.04. The molecule has 0 aliphatic heterocycles. The first-order valence-electron chi connectivity index (χ1n) is 3.70. The third-order valence-electron chi connectivity index (χ3n) is 1.74. The topological polar surface area (TPSA) is 35.5 Å². The summed E-state index contributed by atoms with van der Waals surface area (Å²) in [6, 6.07) is 0. The van der Waals surface area contributed by atoms with Crippen molar-refractivity contribution in [3.05, 3.63) is 0 Å². The van der Waals surface area contributed by atoms with Crippen LogP contribution in [0.25, 0.3) is 0 Å². The van der Waals surface area contributed by atoms with E-state index >= 15 is 0 Å². The Labute approximate surface area is 75.1 Å². The summed E-state index contributed by atoms with van der Waals surface area (Å²) in [7, 11) is 1.49. The molecule has 0 aliphatic rings. The van der Waals surface area contributed by atoms with Gasteiger partial charge in [0, 0.05) is 7.11 Å². The highest BCUT2D eigenvalue weighted by molar-refractivity contribution is 5.75. The van der Waals surface area contributed by atoms with Crippen molar-refractivity contribution < 1.29 is 14.3 Å². The SMILES string of the molecule is C.CCC(C)(C)C(=O)OCOC. The molecule has 0 unspecified atom stereocenters. The molecule has 0 aromatic heterocycles. The van der Waals surface area contributed by atoms with E-state index in [2.05, 4.69) is 4.74 Å². The van der Waals surface area contributed by atoms with E-state index in [-0.39, 0.29) is 20.2 Å². The quantitative estimate of drug-likeness (QED) is 0.486. The molecule has 0 radical (unpaired) electrons. The molecule has 0 aromatic rings. The van der Waals surface area contributed by atoms with Crippen LogP contribution >= 0.6 is 0 Å². The van der Waals surface area contributed by atoms with Gasteiger partial charge in [-0.3, -0.25) is 4.79 Å². The molecule has 0 N–H and O–H groups in total. The summed E-state index contributed by atoms with van der Waals surface area (Å²) in [5.74, 6) is -0.207. The van der Waals surface area contributed by atoms with Gasteiger partial charge in [0.25, 0.3) is 0 Å². The molecule has 0 amide bonds. The lowest BCUT2D eigenvalue weighted by molar-refractivity contribution is -0.164. The fourth-order valence-corrected chi connectivity index (χ4v) is 0.452. The molecule has 0 spiro atoms. The molecule has 0 heterocycles. The van der Waals surface area contributed by atoms with Gasteiger partial charge < -0.3 is 9.47 Å². The van der Waals surface area contributed by atoms with Gasteiger partial charge in [-0.2, -0.15) is 0 Å². The molecular formula is C9H20O3. The zero-order valence-corrected chi connectivity index (χ0v) is 7.64. The van der Waals surface area contributed by atoms with Crippen molar-refractivity contribution in [1.29, 1.82) is 0 Å². The fourth-order valence-electron chi connectivity index (χ4n) is 0.452.